The maximum Gasteiger partial charge on any atom is 0.306 e. The van der Waals surface area contributed by atoms with Crippen molar-refractivity contribution in [2.24, 2.45) is 17.3 Å². The molecular formula is C36H58O3. The van der Waals surface area contributed by atoms with Gasteiger partial charge in [-0.2, -0.15) is 0 Å². The van der Waals surface area contributed by atoms with Crippen LogP contribution in [0.3, 0.4) is 0 Å². The first-order valence-electron chi connectivity index (χ1n) is 17.0. The third-order valence-corrected chi connectivity index (χ3v) is 10.9. The van der Waals surface area contributed by atoms with E-state index in [0.717, 1.165) is 32.1 Å². The third kappa shape index (κ3) is 8.26. The van der Waals surface area contributed by atoms with Crippen molar-refractivity contribution in [1.82, 2.24) is 0 Å². The van der Waals surface area contributed by atoms with Crippen LogP contribution in [0.2, 0.25) is 0 Å². The SMILES string of the molecule is CCCCCCCCCCCCCCCCCC(=O)O[C@@H]1CC[C@@H]2[C@H]3CCc4cc(O)ccc4[C@@H]3CC[C@]21C. The largest absolute Gasteiger partial charge is 0.508 e. The molecule has 1 aromatic carbocycles. The number of carbonyl (C=O) groups excluding carboxylic acids is 1. The van der Waals surface area contributed by atoms with Crippen LogP contribution in [0, 0.1) is 17.3 Å². The van der Waals surface area contributed by atoms with Crippen molar-refractivity contribution in [2.75, 3.05) is 0 Å². The number of esters is 1. The van der Waals surface area contributed by atoms with Gasteiger partial charge < -0.3 is 9.84 Å². The van der Waals surface area contributed by atoms with Crippen molar-refractivity contribution in [1.29, 1.82) is 0 Å². The van der Waals surface area contributed by atoms with E-state index in [4.69, 9.17) is 4.74 Å². The first kappa shape index (κ1) is 30.4. The summed E-state index contributed by atoms with van der Waals surface area (Å²) in [6, 6.07) is 6.02. The molecule has 4 rings (SSSR count). The summed E-state index contributed by atoms with van der Waals surface area (Å²) in [6.07, 6.45) is 27.7. The lowest BCUT2D eigenvalue weighted by atomic mass is 9.55. The first-order valence-corrected chi connectivity index (χ1v) is 17.0. The molecule has 0 aliphatic heterocycles. The van der Waals surface area contributed by atoms with Crippen molar-refractivity contribution in [3.05, 3.63) is 29.3 Å². The Morgan fingerprint density at radius 2 is 1.46 bits per heavy atom. The van der Waals surface area contributed by atoms with Gasteiger partial charge in [0.15, 0.2) is 0 Å². The van der Waals surface area contributed by atoms with Crippen molar-refractivity contribution < 1.29 is 14.6 Å². The molecule has 0 spiro atoms. The molecule has 0 heterocycles. The van der Waals surface area contributed by atoms with E-state index in [1.807, 2.05) is 12.1 Å². The molecule has 0 saturated heterocycles. The number of unbranched alkanes of at least 4 members (excludes halogenated alkanes) is 14. The number of hydrogen-bond donors (Lipinski definition) is 1. The summed E-state index contributed by atoms with van der Waals surface area (Å²) < 4.78 is 6.20. The lowest BCUT2D eigenvalue weighted by molar-refractivity contribution is -0.157. The van der Waals surface area contributed by atoms with Crippen LogP contribution in [-0.2, 0) is 16.0 Å². The average Bonchev–Trinajstić information content (AvgIpc) is 3.26. The van der Waals surface area contributed by atoms with E-state index >= 15 is 0 Å². The molecule has 3 nitrogen and oxygen atoms in total. The quantitative estimate of drug-likeness (QED) is 0.158. The molecule has 5 atom stereocenters. The van der Waals surface area contributed by atoms with Crippen LogP contribution < -0.4 is 0 Å². The zero-order valence-electron chi connectivity index (χ0n) is 25.4. The standard InChI is InChI=1S/C36H58O3/c1-3-4-5-6-7-8-9-10-11-12-13-14-15-16-17-18-35(38)39-34-24-23-33-32-21-19-28-27-29(37)20-22-30(28)31(32)25-26-36(33,34)2/h20,22,27,31-34,37H,3-19,21,23-26H2,1-2H3/t31-,32-,33+,34+,36+/m0/s1. The molecule has 0 bridgehead atoms. The first-order chi connectivity index (χ1) is 19.0. The lowest BCUT2D eigenvalue weighted by Crippen LogP contribution is -2.45. The predicted molar refractivity (Wildman–Crippen MR) is 162 cm³/mol. The molecule has 3 aliphatic carbocycles. The molecule has 39 heavy (non-hydrogen) atoms. The number of carbonyl (C=O) groups is 1. The second-order valence-corrected chi connectivity index (χ2v) is 13.6. The number of ether oxygens (including phenoxy) is 1. The third-order valence-electron chi connectivity index (χ3n) is 10.9. The summed E-state index contributed by atoms with van der Waals surface area (Å²) in [6.45, 7) is 4.70. The van der Waals surface area contributed by atoms with Crippen LogP contribution in [-0.4, -0.2) is 17.2 Å². The van der Waals surface area contributed by atoms with Crippen LogP contribution in [0.15, 0.2) is 18.2 Å². The number of phenolic OH excluding ortho intramolecular Hbond substituents is 1. The minimum Gasteiger partial charge on any atom is -0.508 e. The van der Waals surface area contributed by atoms with E-state index in [9.17, 15) is 9.90 Å². The molecule has 0 amide bonds. The van der Waals surface area contributed by atoms with Crippen LogP contribution >= 0.6 is 0 Å². The maximum absolute atomic E-state index is 12.8. The van der Waals surface area contributed by atoms with E-state index in [0.29, 0.717) is 29.9 Å². The summed E-state index contributed by atoms with van der Waals surface area (Å²) in [5.41, 5.74) is 2.96. The number of benzene rings is 1. The number of phenols is 1. The van der Waals surface area contributed by atoms with E-state index in [1.165, 1.54) is 114 Å². The minimum atomic E-state index is 0.0446. The van der Waals surface area contributed by atoms with Gasteiger partial charge in [-0.25, -0.2) is 0 Å². The molecule has 1 N–H and O–H groups in total. The normalized spacial score (nSPS) is 27.5. The molecule has 0 aromatic heterocycles. The smallest absolute Gasteiger partial charge is 0.306 e. The van der Waals surface area contributed by atoms with Gasteiger partial charge in [0.25, 0.3) is 0 Å². The van der Waals surface area contributed by atoms with Gasteiger partial charge in [0, 0.05) is 11.8 Å². The van der Waals surface area contributed by atoms with Gasteiger partial charge in [-0.3, -0.25) is 4.79 Å². The fourth-order valence-corrected chi connectivity index (χ4v) is 8.57. The molecule has 220 valence electrons. The van der Waals surface area contributed by atoms with E-state index in [2.05, 4.69) is 19.9 Å². The number of hydrogen-bond acceptors (Lipinski definition) is 3. The summed E-state index contributed by atoms with van der Waals surface area (Å²) in [5.74, 6) is 2.40. The summed E-state index contributed by atoms with van der Waals surface area (Å²) >= 11 is 0. The van der Waals surface area contributed by atoms with Gasteiger partial charge in [0.2, 0.25) is 0 Å². The zero-order chi connectivity index (χ0) is 27.5. The van der Waals surface area contributed by atoms with Gasteiger partial charge in [-0.15, -0.1) is 0 Å². The van der Waals surface area contributed by atoms with Gasteiger partial charge in [-0.1, -0.05) is 110 Å². The monoisotopic (exact) mass is 538 g/mol. The Bertz CT molecular complexity index is 878. The Morgan fingerprint density at radius 3 is 2.10 bits per heavy atom. The Balaban J connectivity index is 1.06. The molecular weight excluding hydrogens is 480 g/mol. The molecule has 2 fully saturated rings. The zero-order valence-corrected chi connectivity index (χ0v) is 25.4. The summed E-state index contributed by atoms with van der Waals surface area (Å²) in [7, 11) is 0. The van der Waals surface area contributed by atoms with Crippen LogP contribution in [0.5, 0.6) is 5.75 Å². The predicted octanol–water partition coefficient (Wildman–Crippen LogP) is 10.4. The van der Waals surface area contributed by atoms with Crippen LogP contribution in [0.4, 0.5) is 0 Å². The van der Waals surface area contributed by atoms with Gasteiger partial charge >= 0.3 is 5.97 Å². The second kappa shape index (κ2) is 15.5. The summed E-state index contributed by atoms with van der Waals surface area (Å²) in [5, 5.41) is 9.93. The van der Waals surface area contributed by atoms with Crippen molar-refractivity contribution in [3.63, 3.8) is 0 Å². The van der Waals surface area contributed by atoms with Gasteiger partial charge in [-0.05, 0) is 86.0 Å². The van der Waals surface area contributed by atoms with Crippen molar-refractivity contribution in [3.8, 4) is 5.75 Å². The fraction of sp³-hybridized carbons (Fsp3) is 0.806. The van der Waals surface area contributed by atoms with Crippen molar-refractivity contribution in [2.45, 2.75) is 167 Å². The molecule has 2 saturated carbocycles. The summed E-state index contributed by atoms with van der Waals surface area (Å²) in [4.78, 5) is 12.8. The highest BCUT2D eigenvalue weighted by molar-refractivity contribution is 5.69. The lowest BCUT2D eigenvalue weighted by Gasteiger charge is -2.50. The second-order valence-electron chi connectivity index (χ2n) is 13.6. The molecule has 3 heteroatoms. The fourth-order valence-electron chi connectivity index (χ4n) is 8.57. The number of aromatic hydroxyl groups is 1. The van der Waals surface area contributed by atoms with Gasteiger partial charge in [0.1, 0.15) is 11.9 Å². The topological polar surface area (TPSA) is 46.5 Å². The number of rotatable bonds is 17. The molecule has 0 radical (unpaired) electrons. The molecule has 1 aromatic rings. The van der Waals surface area contributed by atoms with Crippen LogP contribution in [0.1, 0.15) is 166 Å². The van der Waals surface area contributed by atoms with E-state index in [1.54, 1.807) is 0 Å². The Hall–Kier alpha value is -1.51. The highest BCUT2D eigenvalue weighted by Crippen LogP contribution is 2.61. The number of fused-ring (bicyclic) bond motifs is 5. The van der Waals surface area contributed by atoms with Crippen molar-refractivity contribution >= 4 is 5.97 Å². The van der Waals surface area contributed by atoms with E-state index < -0.39 is 0 Å². The highest BCUT2D eigenvalue weighted by atomic mass is 16.5. The maximum atomic E-state index is 12.8. The molecule has 3 aliphatic rings. The van der Waals surface area contributed by atoms with E-state index in [-0.39, 0.29) is 17.5 Å². The Labute approximate surface area is 239 Å². The van der Waals surface area contributed by atoms with Crippen LogP contribution in [0.25, 0.3) is 0 Å². The molecule has 0 unspecified atom stereocenters. The minimum absolute atomic E-state index is 0.0446. The highest BCUT2D eigenvalue weighted by Gasteiger charge is 2.56. The average molecular weight is 539 g/mol. The van der Waals surface area contributed by atoms with Gasteiger partial charge in [0.05, 0.1) is 0 Å². The number of aryl methyl sites for hydroxylation is 1. The Kier molecular flexibility index (Phi) is 12.1. The Morgan fingerprint density at radius 1 is 0.846 bits per heavy atom.